The minimum absolute atomic E-state index is 0.0403. The van der Waals surface area contributed by atoms with Crippen LogP contribution in [0.3, 0.4) is 0 Å². The van der Waals surface area contributed by atoms with Crippen molar-refractivity contribution in [2.45, 2.75) is 26.3 Å². The summed E-state index contributed by atoms with van der Waals surface area (Å²) in [6.45, 7) is 4.63. The first kappa shape index (κ1) is 15.9. The van der Waals surface area contributed by atoms with E-state index < -0.39 is 0 Å². The number of rotatable bonds is 5. The van der Waals surface area contributed by atoms with Gasteiger partial charge in [0.2, 0.25) is 0 Å². The Balaban J connectivity index is 1.75. The van der Waals surface area contributed by atoms with Crippen LogP contribution in [0.4, 0.5) is 4.79 Å². The normalized spacial score (nSPS) is 12.0. The average molecular weight is 323 g/mol. The van der Waals surface area contributed by atoms with Crippen molar-refractivity contribution >= 4 is 29.0 Å². The summed E-state index contributed by atoms with van der Waals surface area (Å²) >= 11 is 7.38. The number of hydrogen-bond donors (Lipinski definition) is 2. The molecule has 0 aliphatic heterocycles. The van der Waals surface area contributed by atoms with Crippen molar-refractivity contribution < 1.29 is 4.79 Å². The predicted octanol–water partition coefficient (Wildman–Crippen LogP) is 4.31. The van der Waals surface area contributed by atoms with Crippen LogP contribution >= 0.6 is 22.9 Å². The van der Waals surface area contributed by atoms with E-state index >= 15 is 0 Å². The minimum atomic E-state index is -0.153. The lowest BCUT2D eigenvalue weighted by molar-refractivity contribution is 0.238. The highest BCUT2D eigenvalue weighted by molar-refractivity contribution is 7.16. The summed E-state index contributed by atoms with van der Waals surface area (Å²) in [4.78, 5) is 12.9. The fraction of sp³-hybridized carbons (Fsp3) is 0.312. The predicted molar refractivity (Wildman–Crippen MR) is 89.2 cm³/mol. The number of thiophene rings is 1. The first-order chi connectivity index (χ1) is 10.0. The molecule has 0 saturated carbocycles. The monoisotopic (exact) mass is 322 g/mol. The lowest BCUT2D eigenvalue weighted by Crippen LogP contribution is -2.37. The fourth-order valence-corrected chi connectivity index (χ4v) is 3.13. The lowest BCUT2D eigenvalue weighted by Gasteiger charge is -2.13. The molecule has 5 heteroatoms. The Morgan fingerprint density at radius 3 is 2.81 bits per heavy atom. The molecule has 21 heavy (non-hydrogen) atoms. The number of nitrogens with one attached hydrogen (secondary N) is 2. The van der Waals surface area contributed by atoms with E-state index in [1.165, 1.54) is 22.5 Å². The zero-order valence-corrected chi connectivity index (χ0v) is 13.7. The number of carbonyl (C=O) groups excluding carboxylic acids is 1. The molecule has 0 saturated heterocycles. The molecule has 2 N–H and O–H groups in total. The second-order valence-electron chi connectivity index (χ2n) is 5.00. The first-order valence-electron chi connectivity index (χ1n) is 6.90. The third-order valence-corrected chi connectivity index (χ3v) is 4.56. The van der Waals surface area contributed by atoms with Crippen LogP contribution in [-0.2, 0) is 6.42 Å². The maximum atomic E-state index is 11.8. The van der Waals surface area contributed by atoms with Crippen molar-refractivity contribution in [2.75, 3.05) is 6.54 Å². The molecule has 112 valence electrons. The van der Waals surface area contributed by atoms with Crippen LogP contribution in [0.1, 0.15) is 29.0 Å². The molecule has 2 aromatic rings. The number of benzene rings is 1. The molecule has 1 unspecified atom stereocenters. The van der Waals surface area contributed by atoms with Crippen LogP contribution in [-0.4, -0.2) is 12.6 Å². The van der Waals surface area contributed by atoms with Gasteiger partial charge in [-0.3, -0.25) is 0 Å². The van der Waals surface area contributed by atoms with Crippen LogP contribution in [0.2, 0.25) is 4.34 Å². The minimum Gasteiger partial charge on any atom is -0.338 e. The van der Waals surface area contributed by atoms with E-state index in [2.05, 4.69) is 35.8 Å². The zero-order chi connectivity index (χ0) is 15.2. The van der Waals surface area contributed by atoms with Crippen molar-refractivity contribution in [1.29, 1.82) is 0 Å². The zero-order valence-electron chi connectivity index (χ0n) is 12.2. The second-order valence-corrected chi connectivity index (χ2v) is 6.75. The molecule has 2 rings (SSSR count). The molecule has 3 nitrogen and oxygen atoms in total. The molecule has 0 bridgehead atoms. The van der Waals surface area contributed by atoms with Gasteiger partial charge in [0.15, 0.2) is 0 Å². The van der Waals surface area contributed by atoms with Gasteiger partial charge in [0, 0.05) is 11.4 Å². The van der Waals surface area contributed by atoms with Gasteiger partial charge in [-0.15, -0.1) is 11.3 Å². The van der Waals surface area contributed by atoms with Crippen molar-refractivity contribution in [3.8, 4) is 0 Å². The first-order valence-corrected chi connectivity index (χ1v) is 8.09. The molecule has 0 fully saturated rings. The number of hydrogen-bond acceptors (Lipinski definition) is 2. The van der Waals surface area contributed by atoms with Gasteiger partial charge in [0.1, 0.15) is 0 Å². The summed E-state index contributed by atoms with van der Waals surface area (Å²) in [5.41, 5.74) is 2.47. The number of aryl methyl sites for hydroxylation is 1. The molecule has 1 atom stereocenters. The standard InChI is InChI=1S/C16H19ClN2OS/c1-11-4-3-5-13(10-11)8-9-18-16(20)19-12(2)14-6-7-15(17)21-14/h3-7,10,12H,8-9H2,1-2H3,(H2,18,19,20). The Labute approximate surface area is 134 Å². The summed E-state index contributed by atoms with van der Waals surface area (Å²) in [5.74, 6) is 0. The molecule has 0 aliphatic rings. The third-order valence-electron chi connectivity index (χ3n) is 3.15. The van der Waals surface area contributed by atoms with Crippen molar-refractivity contribution in [1.82, 2.24) is 10.6 Å². The quantitative estimate of drug-likeness (QED) is 0.846. The number of amides is 2. The molecule has 1 heterocycles. The Hall–Kier alpha value is -1.52. The molecule has 1 aromatic heterocycles. The number of carbonyl (C=O) groups is 1. The van der Waals surface area contributed by atoms with Crippen molar-refractivity contribution in [3.05, 3.63) is 56.7 Å². The van der Waals surface area contributed by atoms with Gasteiger partial charge in [0.25, 0.3) is 0 Å². The molecule has 1 aromatic carbocycles. The number of halogens is 1. The summed E-state index contributed by atoms with van der Waals surface area (Å²) in [7, 11) is 0. The highest BCUT2D eigenvalue weighted by Crippen LogP contribution is 2.26. The van der Waals surface area contributed by atoms with Gasteiger partial charge in [0.05, 0.1) is 10.4 Å². The van der Waals surface area contributed by atoms with Gasteiger partial charge in [-0.2, -0.15) is 0 Å². The van der Waals surface area contributed by atoms with E-state index in [9.17, 15) is 4.79 Å². The van der Waals surface area contributed by atoms with E-state index in [0.717, 1.165) is 15.6 Å². The number of urea groups is 1. The molecular formula is C16H19ClN2OS. The highest BCUT2D eigenvalue weighted by Gasteiger charge is 2.11. The smallest absolute Gasteiger partial charge is 0.315 e. The van der Waals surface area contributed by atoms with E-state index in [-0.39, 0.29) is 12.1 Å². The maximum absolute atomic E-state index is 11.8. The molecule has 0 aliphatic carbocycles. The van der Waals surface area contributed by atoms with E-state index in [0.29, 0.717) is 6.54 Å². The highest BCUT2D eigenvalue weighted by atomic mass is 35.5. The molecule has 2 amide bonds. The van der Waals surface area contributed by atoms with Gasteiger partial charge in [-0.1, -0.05) is 41.4 Å². The summed E-state index contributed by atoms with van der Waals surface area (Å²) < 4.78 is 0.735. The largest absolute Gasteiger partial charge is 0.338 e. The molecule has 0 spiro atoms. The van der Waals surface area contributed by atoms with Crippen molar-refractivity contribution in [3.63, 3.8) is 0 Å². The van der Waals surface area contributed by atoms with Gasteiger partial charge in [-0.25, -0.2) is 4.79 Å². The summed E-state index contributed by atoms with van der Waals surface area (Å²) in [5, 5.41) is 5.79. The van der Waals surface area contributed by atoms with Gasteiger partial charge < -0.3 is 10.6 Å². The van der Waals surface area contributed by atoms with Gasteiger partial charge in [-0.05, 0) is 38.0 Å². The maximum Gasteiger partial charge on any atom is 0.315 e. The Morgan fingerprint density at radius 2 is 2.14 bits per heavy atom. The van der Waals surface area contributed by atoms with Crippen LogP contribution in [0.25, 0.3) is 0 Å². The SMILES string of the molecule is Cc1cccc(CCNC(=O)NC(C)c2ccc(Cl)s2)c1. The molecular weight excluding hydrogens is 304 g/mol. The van der Waals surface area contributed by atoms with E-state index in [1.807, 2.05) is 25.1 Å². The van der Waals surface area contributed by atoms with Crippen LogP contribution in [0, 0.1) is 6.92 Å². The van der Waals surface area contributed by atoms with Gasteiger partial charge >= 0.3 is 6.03 Å². The van der Waals surface area contributed by atoms with Crippen LogP contribution < -0.4 is 10.6 Å². The lowest BCUT2D eigenvalue weighted by atomic mass is 10.1. The fourth-order valence-electron chi connectivity index (χ4n) is 2.07. The Morgan fingerprint density at radius 1 is 1.33 bits per heavy atom. The van der Waals surface area contributed by atoms with Crippen LogP contribution in [0.15, 0.2) is 36.4 Å². The Bertz CT molecular complexity index is 612. The van der Waals surface area contributed by atoms with E-state index in [4.69, 9.17) is 11.6 Å². The summed E-state index contributed by atoms with van der Waals surface area (Å²) in [6, 6.07) is 11.9. The summed E-state index contributed by atoms with van der Waals surface area (Å²) in [6.07, 6.45) is 0.828. The molecule has 0 radical (unpaired) electrons. The Kier molecular flexibility index (Phi) is 5.65. The topological polar surface area (TPSA) is 41.1 Å². The third kappa shape index (κ3) is 5.06. The average Bonchev–Trinajstić information content (AvgIpc) is 2.85. The van der Waals surface area contributed by atoms with Crippen LogP contribution in [0.5, 0.6) is 0 Å². The van der Waals surface area contributed by atoms with E-state index in [1.54, 1.807) is 0 Å². The second kappa shape index (κ2) is 7.48. The van der Waals surface area contributed by atoms with Crippen molar-refractivity contribution in [2.24, 2.45) is 0 Å².